The van der Waals surface area contributed by atoms with Crippen LogP contribution in [0.25, 0.3) is 0 Å². The highest BCUT2D eigenvalue weighted by Gasteiger charge is 2.08. The summed E-state index contributed by atoms with van der Waals surface area (Å²) in [5.41, 5.74) is 1.08. The molecule has 0 saturated carbocycles. The van der Waals surface area contributed by atoms with Crippen LogP contribution in [0.1, 0.15) is 48.0 Å². The van der Waals surface area contributed by atoms with Crippen LogP contribution in [0.3, 0.4) is 0 Å². The number of allylic oxidation sites excluding steroid dienone is 1. The first-order chi connectivity index (χ1) is 10.2. The highest BCUT2D eigenvalue weighted by Crippen LogP contribution is 2.09. The molecule has 0 radical (unpaired) electrons. The van der Waals surface area contributed by atoms with Crippen LogP contribution in [0, 0.1) is 11.8 Å². The van der Waals surface area contributed by atoms with Crippen LogP contribution >= 0.6 is 0 Å². The summed E-state index contributed by atoms with van der Waals surface area (Å²) in [5, 5.41) is 0. The Balaban J connectivity index is 2.54. The SMILES string of the molecule is C=CCCCC(=O)CCC#Cc1ccccc1C(=O)OC. The van der Waals surface area contributed by atoms with Crippen molar-refractivity contribution in [2.45, 2.75) is 32.1 Å². The number of hydrogen-bond donors (Lipinski definition) is 0. The summed E-state index contributed by atoms with van der Waals surface area (Å²) in [4.78, 5) is 23.1. The molecule has 0 N–H and O–H groups in total. The number of rotatable bonds is 7. The molecule has 0 fully saturated rings. The van der Waals surface area contributed by atoms with Gasteiger partial charge in [-0.2, -0.15) is 0 Å². The van der Waals surface area contributed by atoms with Crippen molar-refractivity contribution in [3.63, 3.8) is 0 Å². The zero-order chi connectivity index (χ0) is 15.5. The fourth-order valence-corrected chi connectivity index (χ4v) is 1.81. The van der Waals surface area contributed by atoms with Crippen molar-refractivity contribution in [1.82, 2.24) is 0 Å². The van der Waals surface area contributed by atoms with Crippen LogP contribution in [0.2, 0.25) is 0 Å². The molecule has 1 rings (SSSR count). The first-order valence-electron chi connectivity index (χ1n) is 6.98. The topological polar surface area (TPSA) is 43.4 Å². The van der Waals surface area contributed by atoms with E-state index in [-0.39, 0.29) is 5.78 Å². The summed E-state index contributed by atoms with van der Waals surface area (Å²) >= 11 is 0. The fourth-order valence-electron chi connectivity index (χ4n) is 1.81. The van der Waals surface area contributed by atoms with Gasteiger partial charge >= 0.3 is 5.97 Å². The van der Waals surface area contributed by atoms with E-state index in [1.807, 2.05) is 12.1 Å². The highest BCUT2D eigenvalue weighted by atomic mass is 16.5. The second-order valence-electron chi connectivity index (χ2n) is 4.56. The lowest BCUT2D eigenvalue weighted by Crippen LogP contribution is -2.03. The van der Waals surface area contributed by atoms with E-state index in [0.717, 1.165) is 12.8 Å². The Morgan fingerprint density at radius 2 is 2.05 bits per heavy atom. The average molecular weight is 284 g/mol. The quantitative estimate of drug-likeness (QED) is 0.333. The zero-order valence-corrected chi connectivity index (χ0v) is 12.4. The van der Waals surface area contributed by atoms with E-state index in [1.54, 1.807) is 18.2 Å². The first-order valence-corrected chi connectivity index (χ1v) is 6.98. The molecule has 21 heavy (non-hydrogen) atoms. The number of unbranched alkanes of at least 4 members (excludes halogenated alkanes) is 1. The van der Waals surface area contributed by atoms with Gasteiger partial charge in [-0.15, -0.1) is 6.58 Å². The molecule has 0 bridgehead atoms. The first kappa shape index (κ1) is 16.7. The van der Waals surface area contributed by atoms with E-state index in [9.17, 15) is 9.59 Å². The number of carbonyl (C=O) groups is 2. The van der Waals surface area contributed by atoms with Gasteiger partial charge in [-0.25, -0.2) is 4.79 Å². The van der Waals surface area contributed by atoms with Gasteiger partial charge in [-0.1, -0.05) is 30.0 Å². The Bertz CT molecular complexity index is 561. The summed E-state index contributed by atoms with van der Waals surface area (Å²) in [6.07, 6.45) is 5.06. The summed E-state index contributed by atoms with van der Waals surface area (Å²) in [5.74, 6) is 5.69. The molecule has 0 amide bonds. The molecule has 1 aromatic carbocycles. The monoisotopic (exact) mass is 284 g/mol. The van der Waals surface area contributed by atoms with Gasteiger partial charge in [0.25, 0.3) is 0 Å². The van der Waals surface area contributed by atoms with Crippen molar-refractivity contribution in [1.29, 1.82) is 0 Å². The van der Waals surface area contributed by atoms with E-state index in [1.165, 1.54) is 7.11 Å². The molecule has 1 aromatic rings. The van der Waals surface area contributed by atoms with Crippen molar-refractivity contribution >= 4 is 11.8 Å². The molecular formula is C18H20O3. The lowest BCUT2D eigenvalue weighted by Gasteiger charge is -2.01. The van der Waals surface area contributed by atoms with Gasteiger partial charge in [0.1, 0.15) is 5.78 Å². The summed E-state index contributed by atoms with van der Waals surface area (Å²) in [6.45, 7) is 3.62. The van der Waals surface area contributed by atoms with Crippen molar-refractivity contribution in [3.05, 3.63) is 48.0 Å². The standard InChI is InChI=1S/C18H20O3/c1-3-4-5-12-16(19)13-8-6-10-15-11-7-9-14-17(15)18(20)21-2/h3,7,9,11,14H,1,4-5,8,12-13H2,2H3. The molecule has 0 heterocycles. The number of Topliss-reactive ketones (excluding diaryl/α,β-unsaturated/α-hetero) is 1. The lowest BCUT2D eigenvalue weighted by atomic mass is 10.1. The number of ketones is 1. The Kier molecular flexibility index (Phi) is 7.60. The summed E-state index contributed by atoms with van der Waals surface area (Å²) in [6, 6.07) is 7.03. The molecule has 0 aromatic heterocycles. The Labute approximate surface area is 126 Å². The molecule has 3 nitrogen and oxygen atoms in total. The Morgan fingerprint density at radius 3 is 2.76 bits per heavy atom. The average Bonchev–Trinajstić information content (AvgIpc) is 2.51. The van der Waals surface area contributed by atoms with Gasteiger partial charge in [-0.3, -0.25) is 4.79 Å². The lowest BCUT2D eigenvalue weighted by molar-refractivity contribution is -0.119. The Hall–Kier alpha value is -2.34. The van der Waals surface area contributed by atoms with Crippen LogP contribution in [0.15, 0.2) is 36.9 Å². The second-order valence-corrected chi connectivity index (χ2v) is 4.56. The largest absolute Gasteiger partial charge is 0.465 e. The minimum Gasteiger partial charge on any atom is -0.465 e. The molecule has 110 valence electrons. The number of esters is 1. The molecular weight excluding hydrogens is 264 g/mol. The van der Waals surface area contributed by atoms with Crippen molar-refractivity contribution in [2.24, 2.45) is 0 Å². The van der Waals surface area contributed by atoms with Crippen LogP contribution in [-0.4, -0.2) is 18.9 Å². The van der Waals surface area contributed by atoms with Crippen molar-refractivity contribution in [3.8, 4) is 11.8 Å². The number of methoxy groups -OCH3 is 1. The van der Waals surface area contributed by atoms with E-state index in [2.05, 4.69) is 18.4 Å². The molecule has 0 aliphatic heterocycles. The van der Waals surface area contributed by atoms with Crippen LogP contribution in [0.4, 0.5) is 0 Å². The predicted molar refractivity (Wildman–Crippen MR) is 82.9 cm³/mol. The van der Waals surface area contributed by atoms with Gasteiger partial charge in [-0.05, 0) is 25.0 Å². The molecule has 0 aliphatic rings. The minimum atomic E-state index is -0.402. The van der Waals surface area contributed by atoms with Gasteiger partial charge in [0, 0.05) is 24.8 Å². The third-order valence-corrected chi connectivity index (χ3v) is 2.95. The number of ether oxygens (including phenoxy) is 1. The normalized spacial score (nSPS) is 9.38. The van der Waals surface area contributed by atoms with E-state index < -0.39 is 5.97 Å². The van der Waals surface area contributed by atoms with Gasteiger partial charge in [0.2, 0.25) is 0 Å². The number of hydrogen-bond acceptors (Lipinski definition) is 3. The van der Waals surface area contributed by atoms with Crippen molar-refractivity contribution in [2.75, 3.05) is 7.11 Å². The fraction of sp³-hybridized carbons (Fsp3) is 0.333. The molecule has 0 spiro atoms. The second kappa shape index (κ2) is 9.55. The smallest absolute Gasteiger partial charge is 0.339 e. The van der Waals surface area contributed by atoms with E-state index in [4.69, 9.17) is 4.74 Å². The zero-order valence-electron chi connectivity index (χ0n) is 12.4. The Morgan fingerprint density at radius 1 is 1.29 bits per heavy atom. The summed E-state index contributed by atoms with van der Waals surface area (Å²) in [7, 11) is 1.34. The maximum atomic E-state index is 11.6. The maximum absolute atomic E-state index is 11.6. The van der Waals surface area contributed by atoms with Gasteiger partial charge in [0.05, 0.1) is 12.7 Å². The van der Waals surface area contributed by atoms with Gasteiger partial charge in [0.15, 0.2) is 0 Å². The predicted octanol–water partition coefficient (Wildman–Crippen LogP) is 3.53. The van der Waals surface area contributed by atoms with Crippen LogP contribution in [0.5, 0.6) is 0 Å². The third-order valence-electron chi connectivity index (χ3n) is 2.95. The number of carbonyl (C=O) groups excluding carboxylic acids is 2. The molecule has 3 heteroatoms. The number of benzene rings is 1. The molecule has 0 aliphatic carbocycles. The van der Waals surface area contributed by atoms with Gasteiger partial charge < -0.3 is 4.74 Å². The molecule has 0 unspecified atom stereocenters. The molecule has 0 saturated heterocycles. The van der Waals surface area contributed by atoms with Crippen molar-refractivity contribution < 1.29 is 14.3 Å². The highest BCUT2D eigenvalue weighted by molar-refractivity contribution is 5.92. The molecule has 0 atom stereocenters. The minimum absolute atomic E-state index is 0.215. The third kappa shape index (κ3) is 6.09. The van der Waals surface area contributed by atoms with E-state index >= 15 is 0 Å². The summed E-state index contributed by atoms with van der Waals surface area (Å²) < 4.78 is 4.71. The van der Waals surface area contributed by atoms with E-state index in [0.29, 0.717) is 30.4 Å². The van der Waals surface area contributed by atoms with Crippen LogP contribution in [-0.2, 0) is 9.53 Å². The van der Waals surface area contributed by atoms with Crippen LogP contribution < -0.4 is 0 Å². The maximum Gasteiger partial charge on any atom is 0.339 e.